The van der Waals surface area contributed by atoms with Crippen molar-refractivity contribution in [2.75, 3.05) is 6.54 Å². The molecule has 1 amide bonds. The Morgan fingerprint density at radius 1 is 1.26 bits per heavy atom. The highest BCUT2D eigenvalue weighted by Gasteiger charge is 2.33. The zero-order valence-corrected chi connectivity index (χ0v) is 14.0. The van der Waals surface area contributed by atoms with Crippen molar-refractivity contribution in [3.63, 3.8) is 0 Å². The van der Waals surface area contributed by atoms with Crippen molar-refractivity contribution < 1.29 is 23.1 Å². The Kier molecular flexibility index (Phi) is 5.09. The van der Waals surface area contributed by atoms with Gasteiger partial charge in [0.1, 0.15) is 6.04 Å². The average molecular weight is 339 g/mol. The fraction of sp³-hybridized carbons (Fsp3) is 0.500. The predicted molar refractivity (Wildman–Crippen MR) is 84.8 cm³/mol. The summed E-state index contributed by atoms with van der Waals surface area (Å²) in [6.07, 6.45) is 1.24. The van der Waals surface area contributed by atoms with Crippen molar-refractivity contribution in [3.8, 4) is 0 Å². The Labute approximate surface area is 136 Å². The maximum atomic E-state index is 12.3. The molecule has 1 heterocycles. The van der Waals surface area contributed by atoms with E-state index >= 15 is 0 Å². The Morgan fingerprint density at radius 3 is 2.39 bits per heavy atom. The van der Waals surface area contributed by atoms with E-state index in [1.54, 1.807) is 26.0 Å². The molecule has 0 bridgehead atoms. The van der Waals surface area contributed by atoms with Gasteiger partial charge >= 0.3 is 5.97 Å². The second-order valence-corrected chi connectivity index (χ2v) is 8.50. The smallest absolute Gasteiger partial charge is 0.326 e. The van der Waals surface area contributed by atoms with E-state index in [0.717, 1.165) is 0 Å². The Bertz CT molecular complexity index is 694. The van der Waals surface area contributed by atoms with Gasteiger partial charge in [-0.2, -0.15) is 0 Å². The van der Waals surface area contributed by atoms with Crippen molar-refractivity contribution in [1.29, 1.82) is 0 Å². The summed E-state index contributed by atoms with van der Waals surface area (Å²) in [6.45, 7) is 3.69. The molecule has 1 saturated heterocycles. The SMILES string of the molecule is CC(C)S(=O)(=O)c1ccc(CC(=O)N2CCC[C@@H]2C(=O)O)cc1. The van der Waals surface area contributed by atoms with E-state index in [0.29, 0.717) is 24.9 Å². The summed E-state index contributed by atoms with van der Waals surface area (Å²) < 4.78 is 24.1. The first-order chi connectivity index (χ1) is 10.7. The number of carboxylic acid groups (broad SMARTS) is 1. The Hall–Kier alpha value is -1.89. The molecule has 1 aromatic carbocycles. The molecule has 1 N–H and O–H groups in total. The van der Waals surface area contributed by atoms with Crippen molar-refractivity contribution in [2.24, 2.45) is 0 Å². The molecule has 1 aliphatic heterocycles. The molecule has 126 valence electrons. The van der Waals surface area contributed by atoms with Crippen LogP contribution in [0.25, 0.3) is 0 Å². The van der Waals surface area contributed by atoms with Crippen LogP contribution in [0.2, 0.25) is 0 Å². The van der Waals surface area contributed by atoms with Gasteiger partial charge in [-0.3, -0.25) is 4.79 Å². The average Bonchev–Trinajstić information content (AvgIpc) is 2.97. The minimum atomic E-state index is -3.33. The predicted octanol–water partition coefficient (Wildman–Crippen LogP) is 1.49. The van der Waals surface area contributed by atoms with Gasteiger partial charge in [-0.05, 0) is 44.4 Å². The van der Waals surface area contributed by atoms with Crippen LogP contribution < -0.4 is 0 Å². The van der Waals surface area contributed by atoms with E-state index < -0.39 is 27.1 Å². The molecule has 1 aliphatic rings. The molecular weight excluding hydrogens is 318 g/mol. The number of likely N-dealkylation sites (tertiary alicyclic amines) is 1. The summed E-state index contributed by atoms with van der Waals surface area (Å²) in [4.78, 5) is 25.0. The molecule has 0 aromatic heterocycles. The Balaban J connectivity index is 2.09. The normalized spacial score (nSPS) is 18.4. The highest BCUT2D eigenvalue weighted by Crippen LogP contribution is 2.20. The van der Waals surface area contributed by atoms with Crippen LogP contribution in [0.1, 0.15) is 32.3 Å². The first-order valence-corrected chi connectivity index (χ1v) is 9.13. The minimum Gasteiger partial charge on any atom is -0.480 e. The number of amides is 1. The number of benzene rings is 1. The number of sulfone groups is 1. The molecule has 0 saturated carbocycles. The van der Waals surface area contributed by atoms with Crippen LogP contribution in [0.4, 0.5) is 0 Å². The number of carbonyl (C=O) groups is 2. The summed E-state index contributed by atoms with van der Waals surface area (Å²) >= 11 is 0. The summed E-state index contributed by atoms with van der Waals surface area (Å²) in [5.41, 5.74) is 0.675. The molecular formula is C16H21NO5S. The van der Waals surface area contributed by atoms with Crippen molar-refractivity contribution in [2.45, 2.75) is 49.3 Å². The van der Waals surface area contributed by atoms with Crippen molar-refractivity contribution >= 4 is 21.7 Å². The molecule has 1 fully saturated rings. The van der Waals surface area contributed by atoms with E-state index in [2.05, 4.69) is 0 Å². The third-order valence-corrected chi connectivity index (χ3v) is 6.26. The van der Waals surface area contributed by atoms with Gasteiger partial charge in [0, 0.05) is 6.54 Å². The van der Waals surface area contributed by atoms with E-state index in [1.807, 2.05) is 0 Å². The van der Waals surface area contributed by atoms with Crippen molar-refractivity contribution in [1.82, 2.24) is 4.90 Å². The fourth-order valence-electron chi connectivity index (χ4n) is 2.67. The van der Waals surface area contributed by atoms with E-state index in [9.17, 15) is 18.0 Å². The molecule has 1 aromatic rings. The summed E-state index contributed by atoms with van der Waals surface area (Å²) in [5, 5.41) is 8.61. The minimum absolute atomic E-state index is 0.0752. The number of rotatable bonds is 5. The lowest BCUT2D eigenvalue weighted by Gasteiger charge is -2.21. The van der Waals surface area contributed by atoms with Gasteiger partial charge < -0.3 is 10.0 Å². The van der Waals surface area contributed by atoms with Gasteiger partial charge in [0.25, 0.3) is 0 Å². The fourth-order valence-corrected chi connectivity index (χ4v) is 3.73. The first-order valence-electron chi connectivity index (χ1n) is 7.58. The van der Waals surface area contributed by atoms with Crippen LogP contribution in [0.5, 0.6) is 0 Å². The number of hydrogen-bond acceptors (Lipinski definition) is 4. The molecule has 1 atom stereocenters. The molecule has 0 unspecified atom stereocenters. The van der Waals surface area contributed by atoms with Crippen LogP contribution in [0, 0.1) is 0 Å². The lowest BCUT2D eigenvalue weighted by molar-refractivity contribution is -0.148. The monoisotopic (exact) mass is 339 g/mol. The van der Waals surface area contributed by atoms with Crippen LogP contribution in [0.15, 0.2) is 29.2 Å². The number of carboxylic acids is 1. The molecule has 0 radical (unpaired) electrons. The summed E-state index contributed by atoms with van der Waals surface area (Å²) in [5.74, 6) is -1.22. The van der Waals surface area contributed by atoms with Crippen LogP contribution in [-0.2, 0) is 25.8 Å². The highest BCUT2D eigenvalue weighted by atomic mass is 32.2. The number of hydrogen-bond donors (Lipinski definition) is 1. The number of aliphatic carboxylic acids is 1. The lowest BCUT2D eigenvalue weighted by atomic mass is 10.1. The van der Waals surface area contributed by atoms with E-state index in [1.165, 1.54) is 17.0 Å². The van der Waals surface area contributed by atoms with Gasteiger partial charge in [0.05, 0.1) is 16.6 Å². The molecule has 6 nitrogen and oxygen atoms in total. The van der Waals surface area contributed by atoms with Crippen LogP contribution >= 0.6 is 0 Å². The second kappa shape index (κ2) is 6.70. The topological polar surface area (TPSA) is 91.8 Å². The number of carbonyl (C=O) groups excluding carboxylic acids is 1. The quantitative estimate of drug-likeness (QED) is 0.877. The lowest BCUT2D eigenvalue weighted by Crippen LogP contribution is -2.41. The van der Waals surface area contributed by atoms with Gasteiger partial charge in [-0.15, -0.1) is 0 Å². The molecule has 0 spiro atoms. The summed E-state index contributed by atoms with van der Waals surface area (Å²) in [7, 11) is -3.33. The molecule has 23 heavy (non-hydrogen) atoms. The Morgan fingerprint density at radius 2 is 1.87 bits per heavy atom. The van der Waals surface area contributed by atoms with Crippen LogP contribution in [-0.4, -0.2) is 48.1 Å². The number of nitrogens with zero attached hydrogens (tertiary/aromatic N) is 1. The maximum absolute atomic E-state index is 12.3. The van der Waals surface area contributed by atoms with Gasteiger partial charge in [0.15, 0.2) is 9.84 Å². The van der Waals surface area contributed by atoms with E-state index in [4.69, 9.17) is 5.11 Å². The molecule has 2 rings (SSSR count). The van der Waals surface area contributed by atoms with Gasteiger partial charge in [0.2, 0.25) is 5.91 Å². The third-order valence-electron chi connectivity index (χ3n) is 4.09. The maximum Gasteiger partial charge on any atom is 0.326 e. The standard InChI is InChI=1S/C16H21NO5S/c1-11(2)23(21,22)13-7-5-12(6-8-13)10-15(18)17-9-3-4-14(17)16(19)20/h5-8,11,14H,3-4,9-10H2,1-2H3,(H,19,20)/t14-/m1/s1. The zero-order valence-electron chi connectivity index (χ0n) is 13.2. The van der Waals surface area contributed by atoms with E-state index in [-0.39, 0.29) is 17.2 Å². The molecule has 7 heteroatoms. The summed E-state index contributed by atoms with van der Waals surface area (Å²) in [6, 6.07) is 5.47. The van der Waals surface area contributed by atoms with Gasteiger partial charge in [-0.25, -0.2) is 13.2 Å². The van der Waals surface area contributed by atoms with Crippen molar-refractivity contribution in [3.05, 3.63) is 29.8 Å². The zero-order chi connectivity index (χ0) is 17.2. The highest BCUT2D eigenvalue weighted by molar-refractivity contribution is 7.92. The van der Waals surface area contributed by atoms with Gasteiger partial charge in [-0.1, -0.05) is 12.1 Å². The third kappa shape index (κ3) is 3.72. The largest absolute Gasteiger partial charge is 0.480 e. The first kappa shape index (κ1) is 17.5. The molecule has 0 aliphatic carbocycles. The second-order valence-electron chi connectivity index (χ2n) is 6.00. The van der Waals surface area contributed by atoms with Crippen LogP contribution in [0.3, 0.4) is 0 Å².